The summed E-state index contributed by atoms with van der Waals surface area (Å²) in [6, 6.07) is 2.12. The van der Waals surface area contributed by atoms with Gasteiger partial charge >= 0.3 is 0 Å². The SMILES string of the molecule is Cc1nn(C[C@@H]2CCC[C@@H](C)C2)c(N)c1C#N. The largest absolute Gasteiger partial charge is 0.383 e. The van der Waals surface area contributed by atoms with E-state index in [-0.39, 0.29) is 0 Å². The van der Waals surface area contributed by atoms with E-state index >= 15 is 0 Å². The zero-order valence-corrected chi connectivity index (χ0v) is 10.6. The second kappa shape index (κ2) is 4.79. The van der Waals surface area contributed by atoms with Crippen molar-refractivity contribution in [1.29, 1.82) is 5.26 Å². The van der Waals surface area contributed by atoms with Crippen LogP contribution in [0.3, 0.4) is 0 Å². The molecule has 1 aliphatic carbocycles. The third kappa shape index (κ3) is 2.44. The van der Waals surface area contributed by atoms with Crippen LogP contribution in [0.15, 0.2) is 0 Å². The molecule has 0 amide bonds. The highest BCUT2D eigenvalue weighted by atomic mass is 15.3. The molecular formula is C13H20N4. The molecule has 1 saturated carbocycles. The summed E-state index contributed by atoms with van der Waals surface area (Å²) in [4.78, 5) is 0. The van der Waals surface area contributed by atoms with Gasteiger partial charge in [0.2, 0.25) is 0 Å². The monoisotopic (exact) mass is 232 g/mol. The second-order valence-corrected chi connectivity index (χ2v) is 5.28. The Kier molecular flexibility index (Phi) is 3.37. The summed E-state index contributed by atoms with van der Waals surface area (Å²) >= 11 is 0. The Bertz CT molecular complexity index is 441. The Labute approximate surface area is 102 Å². The molecule has 1 heterocycles. The van der Waals surface area contributed by atoms with E-state index in [2.05, 4.69) is 18.1 Å². The Balaban J connectivity index is 2.11. The summed E-state index contributed by atoms with van der Waals surface area (Å²) in [5.74, 6) is 2.00. The molecule has 4 heteroatoms. The average molecular weight is 232 g/mol. The molecule has 17 heavy (non-hydrogen) atoms. The van der Waals surface area contributed by atoms with Crippen LogP contribution in [0.25, 0.3) is 0 Å². The first-order valence-corrected chi connectivity index (χ1v) is 6.34. The number of aryl methyl sites for hydroxylation is 1. The number of nitriles is 1. The Hall–Kier alpha value is -1.50. The number of anilines is 1. The van der Waals surface area contributed by atoms with E-state index in [0.717, 1.165) is 18.2 Å². The van der Waals surface area contributed by atoms with Crippen molar-refractivity contribution in [2.75, 3.05) is 5.73 Å². The molecule has 0 bridgehead atoms. The Morgan fingerprint density at radius 1 is 1.53 bits per heavy atom. The highest BCUT2D eigenvalue weighted by molar-refractivity contribution is 5.51. The number of nitrogens with zero attached hydrogens (tertiary/aromatic N) is 3. The van der Waals surface area contributed by atoms with Gasteiger partial charge in [0.25, 0.3) is 0 Å². The van der Waals surface area contributed by atoms with Gasteiger partial charge in [-0.1, -0.05) is 19.8 Å². The molecule has 1 aromatic heterocycles. The molecule has 0 aliphatic heterocycles. The molecule has 1 fully saturated rings. The summed E-state index contributed by atoms with van der Waals surface area (Å²) in [5, 5.41) is 13.3. The minimum Gasteiger partial charge on any atom is -0.383 e. The highest BCUT2D eigenvalue weighted by Gasteiger charge is 2.21. The number of hydrogen-bond donors (Lipinski definition) is 1. The first kappa shape index (κ1) is 12.0. The maximum atomic E-state index is 8.98. The summed E-state index contributed by atoms with van der Waals surface area (Å²) < 4.78 is 1.82. The van der Waals surface area contributed by atoms with Gasteiger partial charge in [-0.25, -0.2) is 4.68 Å². The summed E-state index contributed by atoms with van der Waals surface area (Å²) in [6.07, 6.45) is 5.15. The van der Waals surface area contributed by atoms with Crippen LogP contribution in [-0.2, 0) is 6.54 Å². The summed E-state index contributed by atoms with van der Waals surface area (Å²) in [7, 11) is 0. The van der Waals surface area contributed by atoms with Crippen molar-refractivity contribution in [3.63, 3.8) is 0 Å². The van der Waals surface area contributed by atoms with Crippen molar-refractivity contribution in [3.8, 4) is 6.07 Å². The van der Waals surface area contributed by atoms with E-state index in [9.17, 15) is 0 Å². The van der Waals surface area contributed by atoms with Gasteiger partial charge in [-0.3, -0.25) is 0 Å². The summed E-state index contributed by atoms with van der Waals surface area (Å²) in [5.41, 5.74) is 7.22. The van der Waals surface area contributed by atoms with Gasteiger partial charge in [0, 0.05) is 6.54 Å². The molecule has 2 atom stereocenters. The maximum absolute atomic E-state index is 8.98. The van der Waals surface area contributed by atoms with Crippen molar-refractivity contribution in [2.24, 2.45) is 11.8 Å². The molecule has 0 spiro atoms. The quantitative estimate of drug-likeness (QED) is 0.851. The van der Waals surface area contributed by atoms with Gasteiger partial charge in [0.1, 0.15) is 17.5 Å². The standard InChI is InChI=1S/C13H20N4/c1-9-4-3-5-11(6-9)8-17-13(15)12(7-14)10(2)16-17/h9,11H,3-6,8,15H2,1-2H3/t9-,11-/m1/s1. The van der Waals surface area contributed by atoms with Crippen molar-refractivity contribution in [1.82, 2.24) is 9.78 Å². The Morgan fingerprint density at radius 3 is 2.88 bits per heavy atom. The minimum atomic E-state index is 0.531. The lowest BCUT2D eigenvalue weighted by molar-refractivity contribution is 0.251. The molecule has 0 radical (unpaired) electrons. The molecule has 0 saturated heterocycles. The van der Waals surface area contributed by atoms with E-state index in [1.807, 2.05) is 11.6 Å². The molecule has 92 valence electrons. The molecule has 2 rings (SSSR count). The van der Waals surface area contributed by atoms with Crippen LogP contribution < -0.4 is 5.73 Å². The van der Waals surface area contributed by atoms with Crippen molar-refractivity contribution >= 4 is 5.82 Å². The second-order valence-electron chi connectivity index (χ2n) is 5.28. The van der Waals surface area contributed by atoms with E-state index in [4.69, 9.17) is 11.0 Å². The fraction of sp³-hybridized carbons (Fsp3) is 0.692. The summed E-state index contributed by atoms with van der Waals surface area (Å²) in [6.45, 7) is 5.01. The fourth-order valence-electron chi connectivity index (χ4n) is 2.85. The lowest BCUT2D eigenvalue weighted by atomic mass is 9.82. The van der Waals surface area contributed by atoms with Crippen LogP contribution in [0.4, 0.5) is 5.82 Å². The number of aromatic nitrogens is 2. The number of rotatable bonds is 2. The van der Waals surface area contributed by atoms with E-state index in [0.29, 0.717) is 17.3 Å². The number of hydrogen-bond acceptors (Lipinski definition) is 3. The molecule has 2 N–H and O–H groups in total. The smallest absolute Gasteiger partial charge is 0.140 e. The predicted octanol–water partition coefficient (Wildman–Crippen LogP) is 2.47. The predicted molar refractivity (Wildman–Crippen MR) is 67.2 cm³/mol. The highest BCUT2D eigenvalue weighted by Crippen LogP contribution is 2.30. The van der Waals surface area contributed by atoms with E-state index in [1.54, 1.807) is 0 Å². The van der Waals surface area contributed by atoms with Crippen LogP contribution in [0.1, 0.15) is 43.9 Å². The molecule has 1 aliphatic rings. The van der Waals surface area contributed by atoms with Gasteiger partial charge in [0.15, 0.2) is 0 Å². The first-order valence-electron chi connectivity index (χ1n) is 6.34. The Morgan fingerprint density at radius 2 is 2.29 bits per heavy atom. The first-order chi connectivity index (χ1) is 8.11. The van der Waals surface area contributed by atoms with E-state index < -0.39 is 0 Å². The molecular weight excluding hydrogens is 212 g/mol. The van der Waals surface area contributed by atoms with Crippen molar-refractivity contribution in [2.45, 2.75) is 46.1 Å². The van der Waals surface area contributed by atoms with Gasteiger partial charge < -0.3 is 5.73 Å². The third-order valence-electron chi connectivity index (χ3n) is 3.75. The fourth-order valence-corrected chi connectivity index (χ4v) is 2.85. The molecule has 0 unspecified atom stereocenters. The zero-order chi connectivity index (χ0) is 12.4. The van der Waals surface area contributed by atoms with Crippen LogP contribution in [0, 0.1) is 30.1 Å². The molecule has 1 aromatic rings. The van der Waals surface area contributed by atoms with Gasteiger partial charge in [-0.2, -0.15) is 10.4 Å². The molecule has 0 aromatic carbocycles. The van der Waals surface area contributed by atoms with Crippen LogP contribution in [0.2, 0.25) is 0 Å². The van der Waals surface area contributed by atoms with E-state index in [1.165, 1.54) is 25.7 Å². The van der Waals surface area contributed by atoms with Crippen LogP contribution >= 0.6 is 0 Å². The van der Waals surface area contributed by atoms with Crippen molar-refractivity contribution in [3.05, 3.63) is 11.3 Å². The zero-order valence-electron chi connectivity index (χ0n) is 10.6. The molecule has 4 nitrogen and oxygen atoms in total. The minimum absolute atomic E-state index is 0.531. The van der Waals surface area contributed by atoms with Gasteiger partial charge in [-0.05, 0) is 31.6 Å². The van der Waals surface area contributed by atoms with Gasteiger partial charge in [0.05, 0.1) is 5.69 Å². The number of nitrogen functional groups attached to an aromatic ring is 1. The number of nitrogens with two attached hydrogens (primary N) is 1. The lowest BCUT2D eigenvalue weighted by Crippen LogP contribution is -2.20. The van der Waals surface area contributed by atoms with Crippen molar-refractivity contribution < 1.29 is 0 Å². The lowest BCUT2D eigenvalue weighted by Gasteiger charge is -2.26. The van der Waals surface area contributed by atoms with Crippen LogP contribution in [-0.4, -0.2) is 9.78 Å². The third-order valence-corrected chi connectivity index (χ3v) is 3.75. The van der Waals surface area contributed by atoms with Gasteiger partial charge in [-0.15, -0.1) is 0 Å². The normalized spacial score (nSPS) is 24.5. The maximum Gasteiger partial charge on any atom is 0.140 e. The van der Waals surface area contributed by atoms with Crippen LogP contribution in [0.5, 0.6) is 0 Å². The topological polar surface area (TPSA) is 67.6 Å². The average Bonchev–Trinajstić information content (AvgIpc) is 2.54.